The van der Waals surface area contributed by atoms with E-state index >= 15 is 0 Å². The van der Waals surface area contributed by atoms with Crippen molar-refractivity contribution in [3.63, 3.8) is 0 Å². The lowest BCUT2D eigenvalue weighted by molar-refractivity contribution is -0.137. The van der Waals surface area contributed by atoms with Crippen LogP contribution in [0, 0.1) is 0 Å². The van der Waals surface area contributed by atoms with Gasteiger partial charge in [-0.1, -0.05) is 18.5 Å². The lowest BCUT2D eigenvalue weighted by Gasteiger charge is -2.41. The van der Waals surface area contributed by atoms with Crippen molar-refractivity contribution < 1.29 is 13.2 Å². The van der Waals surface area contributed by atoms with Crippen LogP contribution in [-0.2, 0) is 6.18 Å². The average molecular weight is 307 g/mol. The van der Waals surface area contributed by atoms with Gasteiger partial charge in [-0.15, -0.1) is 0 Å². The molecule has 1 fully saturated rings. The zero-order valence-electron chi connectivity index (χ0n) is 11.5. The van der Waals surface area contributed by atoms with Crippen LogP contribution >= 0.6 is 11.6 Å². The topological polar surface area (TPSA) is 15.3 Å². The Morgan fingerprint density at radius 2 is 2.10 bits per heavy atom. The third-order valence-electron chi connectivity index (χ3n) is 3.67. The van der Waals surface area contributed by atoms with Gasteiger partial charge in [0.1, 0.15) is 0 Å². The summed E-state index contributed by atoms with van der Waals surface area (Å²) in [5, 5.41) is 3.53. The van der Waals surface area contributed by atoms with Gasteiger partial charge in [0.25, 0.3) is 0 Å². The maximum Gasteiger partial charge on any atom is 0.416 e. The molecule has 112 valence electrons. The molecule has 0 spiro atoms. The van der Waals surface area contributed by atoms with Gasteiger partial charge in [0.05, 0.1) is 16.3 Å². The molecule has 2 nitrogen and oxygen atoms in total. The van der Waals surface area contributed by atoms with Crippen LogP contribution in [0.5, 0.6) is 0 Å². The van der Waals surface area contributed by atoms with E-state index in [1.165, 1.54) is 6.07 Å². The molecule has 1 aromatic carbocycles. The van der Waals surface area contributed by atoms with Gasteiger partial charge in [0.2, 0.25) is 0 Å². The van der Waals surface area contributed by atoms with Gasteiger partial charge in [-0.05, 0) is 31.5 Å². The fourth-order valence-corrected chi connectivity index (χ4v) is 2.82. The molecule has 0 radical (unpaired) electrons. The summed E-state index contributed by atoms with van der Waals surface area (Å²) < 4.78 is 38.0. The highest BCUT2D eigenvalue weighted by molar-refractivity contribution is 6.33. The van der Waals surface area contributed by atoms with Crippen LogP contribution in [0.3, 0.4) is 0 Å². The maximum atomic E-state index is 12.7. The van der Waals surface area contributed by atoms with Gasteiger partial charge in [-0.3, -0.25) is 0 Å². The molecule has 1 aliphatic rings. The van der Waals surface area contributed by atoms with Crippen molar-refractivity contribution in [1.29, 1.82) is 0 Å². The predicted molar refractivity (Wildman–Crippen MR) is 75.3 cm³/mol. The third-order valence-corrected chi connectivity index (χ3v) is 3.97. The van der Waals surface area contributed by atoms with Gasteiger partial charge in [0.15, 0.2) is 0 Å². The van der Waals surface area contributed by atoms with E-state index < -0.39 is 11.7 Å². The Morgan fingerprint density at radius 3 is 2.65 bits per heavy atom. The molecule has 2 unspecified atom stereocenters. The van der Waals surface area contributed by atoms with Gasteiger partial charge in [-0.25, -0.2) is 0 Å². The molecule has 1 heterocycles. The number of alkyl halides is 3. The van der Waals surface area contributed by atoms with E-state index in [0.717, 1.165) is 31.6 Å². The van der Waals surface area contributed by atoms with Crippen molar-refractivity contribution in [2.45, 2.75) is 38.5 Å². The Kier molecular flexibility index (Phi) is 4.49. The molecule has 0 aliphatic carbocycles. The van der Waals surface area contributed by atoms with E-state index in [1.54, 1.807) is 0 Å². The van der Waals surface area contributed by atoms with E-state index in [4.69, 9.17) is 11.6 Å². The van der Waals surface area contributed by atoms with Crippen LogP contribution in [0.25, 0.3) is 0 Å². The Balaban J connectivity index is 2.31. The first-order valence-electron chi connectivity index (χ1n) is 6.69. The average Bonchev–Trinajstić information content (AvgIpc) is 2.37. The molecule has 1 N–H and O–H groups in total. The van der Waals surface area contributed by atoms with Gasteiger partial charge < -0.3 is 10.2 Å². The first-order chi connectivity index (χ1) is 9.32. The van der Waals surface area contributed by atoms with Crippen molar-refractivity contribution in [1.82, 2.24) is 5.32 Å². The summed E-state index contributed by atoms with van der Waals surface area (Å²) in [6.45, 7) is 5.67. The maximum absolute atomic E-state index is 12.7. The highest BCUT2D eigenvalue weighted by Crippen LogP contribution is 2.36. The van der Waals surface area contributed by atoms with Gasteiger partial charge in [0, 0.05) is 25.2 Å². The van der Waals surface area contributed by atoms with Crippen molar-refractivity contribution in [2.24, 2.45) is 0 Å². The zero-order chi connectivity index (χ0) is 14.9. The van der Waals surface area contributed by atoms with Gasteiger partial charge in [-0.2, -0.15) is 13.2 Å². The van der Waals surface area contributed by atoms with Crippen molar-refractivity contribution in [2.75, 3.05) is 18.0 Å². The number of hydrogen-bond donors (Lipinski definition) is 1. The summed E-state index contributed by atoms with van der Waals surface area (Å²) in [6, 6.07) is 4.12. The number of piperazine rings is 1. The molecule has 1 aliphatic heterocycles. The van der Waals surface area contributed by atoms with Crippen molar-refractivity contribution in [3.8, 4) is 0 Å². The Morgan fingerprint density at radius 1 is 1.40 bits per heavy atom. The minimum Gasteiger partial charge on any atom is -0.365 e. The number of nitrogens with zero attached hydrogens (tertiary/aromatic N) is 1. The fraction of sp³-hybridized carbons (Fsp3) is 0.571. The molecule has 20 heavy (non-hydrogen) atoms. The number of benzene rings is 1. The molecular formula is C14H18ClF3N2. The zero-order valence-corrected chi connectivity index (χ0v) is 12.2. The van der Waals surface area contributed by atoms with Crippen LogP contribution in [0.2, 0.25) is 5.02 Å². The van der Waals surface area contributed by atoms with Crippen LogP contribution in [0.15, 0.2) is 18.2 Å². The first kappa shape index (κ1) is 15.4. The molecule has 6 heteroatoms. The van der Waals surface area contributed by atoms with Crippen molar-refractivity contribution in [3.05, 3.63) is 28.8 Å². The monoisotopic (exact) mass is 306 g/mol. The normalized spacial score (nSPS) is 24.0. The predicted octanol–water partition coefficient (Wildman–Crippen LogP) is 3.94. The molecule has 1 aromatic rings. The van der Waals surface area contributed by atoms with Gasteiger partial charge >= 0.3 is 6.18 Å². The minimum absolute atomic E-state index is 0.160. The lowest BCUT2D eigenvalue weighted by atomic mass is 10.1. The largest absolute Gasteiger partial charge is 0.416 e. The summed E-state index contributed by atoms with van der Waals surface area (Å²) >= 11 is 6.08. The standard InChI is InChI=1S/C14H18ClF3N2/c1-3-11-7-19-9(2)8-20(11)13-5-4-10(6-12(13)15)14(16,17)18/h4-6,9,11,19H,3,7-8H2,1-2H3. The van der Waals surface area contributed by atoms with Crippen LogP contribution in [0.1, 0.15) is 25.8 Å². The smallest absolute Gasteiger partial charge is 0.365 e. The number of nitrogens with one attached hydrogen (secondary N) is 1. The molecular weight excluding hydrogens is 289 g/mol. The first-order valence-corrected chi connectivity index (χ1v) is 7.07. The van der Waals surface area contributed by atoms with Crippen LogP contribution < -0.4 is 10.2 Å². The summed E-state index contributed by atoms with van der Waals surface area (Å²) in [5.41, 5.74) is -0.0256. The highest BCUT2D eigenvalue weighted by Gasteiger charge is 2.32. The second kappa shape index (κ2) is 5.82. The van der Waals surface area contributed by atoms with E-state index in [1.807, 2.05) is 0 Å². The minimum atomic E-state index is -4.36. The summed E-state index contributed by atoms with van der Waals surface area (Å²) in [6.07, 6.45) is -3.44. The number of anilines is 1. The van der Waals surface area contributed by atoms with Crippen LogP contribution in [-0.4, -0.2) is 25.2 Å². The molecule has 0 amide bonds. The molecule has 1 saturated heterocycles. The summed E-state index contributed by atoms with van der Waals surface area (Å²) in [4.78, 5) is 2.10. The summed E-state index contributed by atoms with van der Waals surface area (Å²) in [5.74, 6) is 0. The third kappa shape index (κ3) is 3.20. The second-order valence-corrected chi connectivity index (χ2v) is 5.59. The van der Waals surface area contributed by atoms with E-state index in [0.29, 0.717) is 5.69 Å². The SMILES string of the molecule is CCC1CNC(C)CN1c1ccc(C(F)(F)F)cc1Cl. The molecule has 2 rings (SSSR count). The molecule has 0 bridgehead atoms. The molecule has 2 atom stereocenters. The van der Waals surface area contributed by atoms with E-state index in [9.17, 15) is 13.2 Å². The van der Waals surface area contributed by atoms with E-state index in [-0.39, 0.29) is 17.1 Å². The van der Waals surface area contributed by atoms with E-state index in [2.05, 4.69) is 24.1 Å². The van der Waals surface area contributed by atoms with Crippen molar-refractivity contribution >= 4 is 17.3 Å². The fourth-order valence-electron chi connectivity index (χ4n) is 2.53. The molecule has 0 aromatic heterocycles. The highest BCUT2D eigenvalue weighted by atomic mass is 35.5. The lowest BCUT2D eigenvalue weighted by Crippen LogP contribution is -2.55. The summed E-state index contributed by atoms with van der Waals surface area (Å²) in [7, 11) is 0. The van der Waals surface area contributed by atoms with Crippen LogP contribution in [0.4, 0.5) is 18.9 Å². The number of rotatable bonds is 2. The Hall–Kier alpha value is -0.940. The second-order valence-electron chi connectivity index (χ2n) is 5.19. The Bertz CT molecular complexity index is 476. The molecule has 0 saturated carbocycles. The number of hydrogen-bond acceptors (Lipinski definition) is 2. The number of halogens is 4. The quantitative estimate of drug-likeness (QED) is 0.890. The Labute approximate surface area is 121 Å².